The first-order valence-corrected chi connectivity index (χ1v) is 6.28. The number of carbonyl (C=O) groups excluding carboxylic acids is 1. The summed E-state index contributed by atoms with van der Waals surface area (Å²) in [6.07, 6.45) is 2.22. The van der Waals surface area contributed by atoms with E-state index in [1.54, 1.807) is 14.2 Å². The van der Waals surface area contributed by atoms with E-state index in [9.17, 15) is 4.79 Å². The number of ether oxygens (including phenoxy) is 3. The van der Waals surface area contributed by atoms with E-state index >= 15 is 0 Å². The van der Waals surface area contributed by atoms with Crippen molar-refractivity contribution in [3.8, 4) is 0 Å². The zero-order valence-electron chi connectivity index (χ0n) is 12.2. The predicted octanol–water partition coefficient (Wildman–Crippen LogP) is 2.92. The van der Waals surface area contributed by atoms with E-state index in [1.165, 1.54) is 6.92 Å². The van der Waals surface area contributed by atoms with Crippen LogP contribution in [0, 0.1) is 5.92 Å². The van der Waals surface area contributed by atoms with Crippen LogP contribution in [-0.4, -0.2) is 32.6 Å². The third-order valence-electron chi connectivity index (χ3n) is 2.99. The van der Waals surface area contributed by atoms with Crippen LogP contribution in [-0.2, 0) is 19.0 Å². The summed E-state index contributed by atoms with van der Waals surface area (Å²) >= 11 is 0. The average Bonchev–Trinajstić information content (AvgIpc) is 2.28. The van der Waals surface area contributed by atoms with E-state index in [0.717, 1.165) is 24.8 Å². The Labute approximate surface area is 110 Å². The van der Waals surface area contributed by atoms with Crippen molar-refractivity contribution in [1.82, 2.24) is 0 Å². The van der Waals surface area contributed by atoms with Crippen LogP contribution < -0.4 is 0 Å². The zero-order chi connectivity index (χ0) is 14.1. The molecule has 0 saturated carbocycles. The van der Waals surface area contributed by atoms with Gasteiger partial charge in [-0.05, 0) is 32.6 Å². The van der Waals surface area contributed by atoms with Gasteiger partial charge in [0.05, 0.1) is 6.10 Å². The van der Waals surface area contributed by atoms with Crippen LogP contribution >= 0.6 is 0 Å². The maximum Gasteiger partial charge on any atom is 0.302 e. The molecule has 0 spiro atoms. The molecule has 4 heteroatoms. The van der Waals surface area contributed by atoms with Gasteiger partial charge in [-0.3, -0.25) is 4.79 Å². The Hall–Kier alpha value is -0.870. The second-order valence-corrected chi connectivity index (χ2v) is 4.68. The van der Waals surface area contributed by atoms with E-state index in [1.807, 2.05) is 13.8 Å². The molecule has 0 bridgehead atoms. The minimum absolute atomic E-state index is 0.0621. The Kier molecular flexibility index (Phi) is 8.67. The van der Waals surface area contributed by atoms with Crippen LogP contribution in [0.15, 0.2) is 12.2 Å². The monoisotopic (exact) mass is 258 g/mol. The number of esters is 1. The smallest absolute Gasteiger partial charge is 0.302 e. The number of hydrogen-bond acceptors (Lipinski definition) is 4. The summed E-state index contributed by atoms with van der Waals surface area (Å²) in [5, 5.41) is 0. The number of hydrogen-bond donors (Lipinski definition) is 0. The average molecular weight is 258 g/mol. The van der Waals surface area contributed by atoms with Crippen LogP contribution in [0.25, 0.3) is 0 Å². The zero-order valence-corrected chi connectivity index (χ0v) is 12.2. The molecular formula is C14H26O4. The summed E-state index contributed by atoms with van der Waals surface area (Å²) < 4.78 is 15.5. The largest absolute Gasteiger partial charge is 0.463 e. The minimum atomic E-state index is -0.235. The summed E-state index contributed by atoms with van der Waals surface area (Å²) in [6.45, 7) is 9.33. The molecule has 106 valence electrons. The highest BCUT2D eigenvalue weighted by Crippen LogP contribution is 2.23. The molecule has 0 fully saturated rings. The second-order valence-electron chi connectivity index (χ2n) is 4.68. The quantitative estimate of drug-likeness (QED) is 0.362. The fourth-order valence-corrected chi connectivity index (χ4v) is 1.86. The van der Waals surface area contributed by atoms with Crippen molar-refractivity contribution in [2.24, 2.45) is 5.92 Å². The molecule has 4 nitrogen and oxygen atoms in total. The SMILES string of the molecule is C=C(C)C(CCC(C)OC(C)=O)CC(OC)OC. The standard InChI is InChI=1S/C14H26O4/c1-10(2)13(9-14(16-5)17-6)8-7-11(3)18-12(4)15/h11,13-14H,1,7-9H2,2-6H3. The highest BCUT2D eigenvalue weighted by atomic mass is 16.7. The van der Waals surface area contributed by atoms with Gasteiger partial charge in [0.25, 0.3) is 0 Å². The van der Waals surface area contributed by atoms with Crippen LogP contribution in [0.5, 0.6) is 0 Å². The molecule has 0 saturated heterocycles. The van der Waals surface area contributed by atoms with Gasteiger partial charge in [-0.25, -0.2) is 0 Å². The first-order chi connectivity index (χ1) is 8.40. The topological polar surface area (TPSA) is 44.8 Å². The first-order valence-electron chi connectivity index (χ1n) is 6.28. The molecule has 0 radical (unpaired) electrons. The first kappa shape index (κ1) is 17.1. The maximum atomic E-state index is 10.8. The molecular weight excluding hydrogens is 232 g/mol. The number of allylic oxidation sites excluding steroid dienone is 1. The fourth-order valence-electron chi connectivity index (χ4n) is 1.86. The van der Waals surface area contributed by atoms with Crippen molar-refractivity contribution in [2.45, 2.75) is 52.4 Å². The number of rotatable bonds is 9. The van der Waals surface area contributed by atoms with E-state index in [4.69, 9.17) is 14.2 Å². The molecule has 0 aromatic carbocycles. The Morgan fingerprint density at radius 3 is 2.11 bits per heavy atom. The van der Waals surface area contributed by atoms with Crippen LogP contribution in [0.4, 0.5) is 0 Å². The van der Waals surface area contributed by atoms with Gasteiger partial charge in [-0.15, -0.1) is 0 Å². The van der Waals surface area contributed by atoms with Gasteiger partial charge in [0.1, 0.15) is 0 Å². The van der Waals surface area contributed by atoms with Crippen LogP contribution in [0.3, 0.4) is 0 Å². The molecule has 18 heavy (non-hydrogen) atoms. The van der Waals surface area contributed by atoms with Crippen molar-refractivity contribution < 1.29 is 19.0 Å². The van der Waals surface area contributed by atoms with Gasteiger partial charge in [0.2, 0.25) is 0 Å². The molecule has 0 aromatic rings. The summed E-state index contributed by atoms with van der Waals surface area (Å²) in [5.41, 5.74) is 1.10. The van der Waals surface area contributed by atoms with E-state index in [2.05, 4.69) is 6.58 Å². The summed E-state index contributed by atoms with van der Waals surface area (Å²) in [4.78, 5) is 10.8. The lowest BCUT2D eigenvalue weighted by molar-refractivity contribution is -0.146. The highest BCUT2D eigenvalue weighted by molar-refractivity contribution is 5.66. The van der Waals surface area contributed by atoms with Crippen molar-refractivity contribution in [3.05, 3.63) is 12.2 Å². The predicted molar refractivity (Wildman–Crippen MR) is 71.2 cm³/mol. The summed E-state index contributed by atoms with van der Waals surface area (Å²) in [5.74, 6) is 0.0777. The van der Waals surface area contributed by atoms with E-state index < -0.39 is 0 Å². The molecule has 0 N–H and O–H groups in total. The van der Waals surface area contributed by atoms with Gasteiger partial charge in [0, 0.05) is 27.6 Å². The van der Waals surface area contributed by atoms with Gasteiger partial charge < -0.3 is 14.2 Å². The fraction of sp³-hybridized carbons (Fsp3) is 0.786. The summed E-state index contributed by atoms with van der Waals surface area (Å²) in [6, 6.07) is 0. The van der Waals surface area contributed by atoms with Crippen molar-refractivity contribution in [2.75, 3.05) is 14.2 Å². The Morgan fingerprint density at radius 2 is 1.72 bits per heavy atom. The van der Waals surface area contributed by atoms with Crippen molar-refractivity contribution in [1.29, 1.82) is 0 Å². The lowest BCUT2D eigenvalue weighted by Crippen LogP contribution is -2.20. The molecule has 0 heterocycles. The lowest BCUT2D eigenvalue weighted by Gasteiger charge is -2.23. The van der Waals surface area contributed by atoms with Gasteiger partial charge >= 0.3 is 5.97 Å². The van der Waals surface area contributed by atoms with Gasteiger partial charge in [-0.1, -0.05) is 12.2 Å². The minimum Gasteiger partial charge on any atom is -0.463 e. The molecule has 0 aliphatic heterocycles. The number of carbonyl (C=O) groups is 1. The Balaban J connectivity index is 4.19. The molecule has 0 amide bonds. The normalized spacial score (nSPS) is 14.3. The van der Waals surface area contributed by atoms with E-state index in [-0.39, 0.29) is 18.4 Å². The maximum absolute atomic E-state index is 10.8. The third-order valence-corrected chi connectivity index (χ3v) is 2.99. The van der Waals surface area contributed by atoms with E-state index in [0.29, 0.717) is 5.92 Å². The Morgan fingerprint density at radius 1 is 1.17 bits per heavy atom. The molecule has 2 atom stereocenters. The molecule has 2 unspecified atom stereocenters. The second kappa shape index (κ2) is 9.11. The Bertz CT molecular complexity index is 259. The van der Waals surface area contributed by atoms with Crippen LogP contribution in [0.2, 0.25) is 0 Å². The van der Waals surface area contributed by atoms with Crippen molar-refractivity contribution >= 4 is 5.97 Å². The third kappa shape index (κ3) is 7.45. The highest BCUT2D eigenvalue weighted by Gasteiger charge is 2.18. The molecule has 0 aliphatic rings. The van der Waals surface area contributed by atoms with Gasteiger partial charge in [-0.2, -0.15) is 0 Å². The van der Waals surface area contributed by atoms with Gasteiger partial charge in [0.15, 0.2) is 6.29 Å². The molecule has 0 rings (SSSR count). The molecule has 0 aliphatic carbocycles. The van der Waals surface area contributed by atoms with Crippen molar-refractivity contribution in [3.63, 3.8) is 0 Å². The summed E-state index contributed by atoms with van der Waals surface area (Å²) in [7, 11) is 3.26. The lowest BCUT2D eigenvalue weighted by atomic mass is 9.91. The number of methoxy groups -OCH3 is 2. The molecule has 0 aromatic heterocycles. The van der Waals surface area contributed by atoms with Crippen LogP contribution in [0.1, 0.15) is 40.0 Å².